The average Bonchev–Trinajstić information content (AvgIpc) is 3.40. The van der Waals surface area contributed by atoms with Gasteiger partial charge in [0.2, 0.25) is 0 Å². The molecule has 0 saturated heterocycles. The number of aryl methyl sites for hydroxylation is 3. The van der Waals surface area contributed by atoms with Crippen LogP contribution in [0.4, 0.5) is 0 Å². The number of nitrogens with zero attached hydrogens (tertiary/aromatic N) is 5. The van der Waals surface area contributed by atoms with E-state index in [1.54, 1.807) is 0 Å². The van der Waals surface area contributed by atoms with Crippen molar-refractivity contribution >= 4 is 0 Å². The lowest BCUT2D eigenvalue weighted by Gasteiger charge is -2.22. The van der Waals surface area contributed by atoms with E-state index in [-0.39, 0.29) is 10.8 Å². The molecule has 0 aliphatic rings. The Bertz CT molecular complexity index is 1000. The highest BCUT2D eigenvalue weighted by Gasteiger charge is 2.31. The van der Waals surface area contributed by atoms with Crippen molar-refractivity contribution in [1.82, 2.24) is 24.5 Å². The first-order valence-electron chi connectivity index (χ1n) is 11.5. The van der Waals surface area contributed by atoms with Crippen LogP contribution in [0.3, 0.4) is 0 Å². The van der Waals surface area contributed by atoms with E-state index < -0.39 is 0 Å². The van der Waals surface area contributed by atoms with Crippen LogP contribution < -0.4 is 0 Å². The van der Waals surface area contributed by atoms with Crippen molar-refractivity contribution < 1.29 is 4.42 Å². The zero-order valence-electron chi connectivity index (χ0n) is 20.8. The van der Waals surface area contributed by atoms with E-state index in [4.69, 9.17) is 9.52 Å². The molecule has 3 rings (SSSR count). The Morgan fingerprint density at radius 2 is 1.81 bits per heavy atom. The maximum Gasteiger partial charge on any atom is 0.195 e. The zero-order valence-corrected chi connectivity index (χ0v) is 20.8. The van der Waals surface area contributed by atoms with E-state index in [1.165, 1.54) is 11.3 Å². The molecule has 0 amide bonds. The van der Waals surface area contributed by atoms with Gasteiger partial charge in [-0.15, -0.1) is 0 Å². The van der Waals surface area contributed by atoms with Crippen LogP contribution in [0.25, 0.3) is 0 Å². The Labute approximate surface area is 187 Å². The quantitative estimate of drug-likeness (QED) is 0.455. The Hall–Kier alpha value is -2.37. The van der Waals surface area contributed by atoms with Gasteiger partial charge in [-0.3, -0.25) is 9.36 Å². The van der Waals surface area contributed by atoms with Crippen LogP contribution in [-0.4, -0.2) is 24.5 Å². The summed E-state index contributed by atoms with van der Waals surface area (Å²) in [5.74, 6) is 2.18. The van der Waals surface area contributed by atoms with Crippen molar-refractivity contribution in [1.29, 1.82) is 0 Å². The third kappa shape index (κ3) is 4.94. The van der Waals surface area contributed by atoms with Crippen LogP contribution in [0.15, 0.2) is 22.9 Å². The maximum atomic E-state index is 6.26. The van der Waals surface area contributed by atoms with Crippen LogP contribution in [-0.2, 0) is 37.3 Å². The molecule has 6 heteroatoms. The molecule has 0 fully saturated rings. The van der Waals surface area contributed by atoms with Crippen molar-refractivity contribution in [3.8, 4) is 0 Å². The molecule has 0 aliphatic carbocycles. The number of hydrogen-bond donors (Lipinski definition) is 0. The van der Waals surface area contributed by atoms with Gasteiger partial charge >= 0.3 is 0 Å². The fourth-order valence-electron chi connectivity index (χ4n) is 4.01. The summed E-state index contributed by atoms with van der Waals surface area (Å²) in [5.41, 5.74) is 4.43. The van der Waals surface area contributed by atoms with Gasteiger partial charge in [0, 0.05) is 36.2 Å². The molecular weight excluding hydrogens is 386 g/mol. The van der Waals surface area contributed by atoms with Crippen LogP contribution in [0.1, 0.15) is 95.1 Å². The molecule has 170 valence electrons. The highest BCUT2D eigenvalue weighted by Crippen LogP contribution is 2.31. The first-order valence-corrected chi connectivity index (χ1v) is 11.5. The normalized spacial score (nSPS) is 13.7. The largest absolute Gasteiger partial charge is 0.445 e. The van der Waals surface area contributed by atoms with Gasteiger partial charge < -0.3 is 4.42 Å². The third-order valence-corrected chi connectivity index (χ3v) is 6.53. The van der Waals surface area contributed by atoms with Crippen molar-refractivity contribution in [2.45, 2.75) is 97.9 Å². The minimum atomic E-state index is -0.208. The highest BCUT2D eigenvalue weighted by molar-refractivity contribution is 5.22. The molecule has 3 aromatic heterocycles. The predicted octanol–water partition coefficient (Wildman–Crippen LogP) is 5.49. The summed E-state index contributed by atoms with van der Waals surface area (Å²) in [5, 5.41) is 9.53. The molecule has 0 aromatic carbocycles. The highest BCUT2D eigenvalue weighted by atomic mass is 16.4. The van der Waals surface area contributed by atoms with E-state index in [9.17, 15) is 0 Å². The van der Waals surface area contributed by atoms with Gasteiger partial charge in [-0.25, -0.2) is 4.98 Å². The van der Waals surface area contributed by atoms with E-state index in [0.717, 1.165) is 42.4 Å². The van der Waals surface area contributed by atoms with Crippen LogP contribution in [0.5, 0.6) is 0 Å². The van der Waals surface area contributed by atoms with Gasteiger partial charge in [0.1, 0.15) is 5.76 Å². The summed E-state index contributed by atoms with van der Waals surface area (Å²) in [6.45, 7) is 18.3. The maximum absolute atomic E-state index is 6.26. The summed E-state index contributed by atoms with van der Waals surface area (Å²) in [6.07, 6.45) is 6.90. The minimum absolute atomic E-state index is 0.151. The molecular formula is C25H39N5O. The summed E-state index contributed by atoms with van der Waals surface area (Å²) in [7, 11) is 1.98. The first kappa shape index (κ1) is 23.3. The summed E-state index contributed by atoms with van der Waals surface area (Å²) in [4.78, 5) is 4.61. The Balaban J connectivity index is 1.77. The summed E-state index contributed by atoms with van der Waals surface area (Å²) < 4.78 is 10.3. The molecule has 1 atom stereocenters. The van der Waals surface area contributed by atoms with Crippen LogP contribution >= 0.6 is 0 Å². The van der Waals surface area contributed by atoms with Gasteiger partial charge in [0.25, 0.3) is 0 Å². The average molecular weight is 426 g/mol. The minimum Gasteiger partial charge on any atom is -0.445 e. The van der Waals surface area contributed by atoms with Crippen LogP contribution in [0.2, 0.25) is 0 Å². The molecule has 3 heterocycles. The monoisotopic (exact) mass is 425 g/mol. The molecule has 0 radical (unpaired) electrons. The topological polar surface area (TPSA) is 61.7 Å². The van der Waals surface area contributed by atoms with Gasteiger partial charge in [0.05, 0.1) is 24.1 Å². The lowest BCUT2D eigenvalue weighted by atomic mass is 9.85. The molecule has 0 bridgehead atoms. The molecule has 0 spiro atoms. The molecule has 31 heavy (non-hydrogen) atoms. The van der Waals surface area contributed by atoms with E-state index in [0.29, 0.717) is 12.3 Å². The second-order valence-electron chi connectivity index (χ2n) is 10.2. The third-order valence-electron chi connectivity index (χ3n) is 6.53. The molecule has 0 aliphatic heterocycles. The number of oxazole rings is 1. The van der Waals surface area contributed by atoms with E-state index in [1.807, 2.05) is 17.9 Å². The van der Waals surface area contributed by atoms with Crippen molar-refractivity contribution in [2.75, 3.05) is 0 Å². The standard InChI is InChI=1S/C25H39N5O/c1-10-17(3)19-15-30(27-20(19)11-2)16-25(7,8)22-14-26-23(31-22)13-24(5,6)21-12-18(4)29(9)28-21/h12,14-15,17H,10-11,13,16H2,1-9H3. The molecule has 0 saturated carbocycles. The lowest BCUT2D eigenvalue weighted by molar-refractivity contribution is 0.307. The van der Waals surface area contributed by atoms with E-state index >= 15 is 0 Å². The first-order chi connectivity index (χ1) is 14.5. The molecule has 1 unspecified atom stereocenters. The van der Waals surface area contributed by atoms with Gasteiger partial charge in [-0.05, 0) is 37.3 Å². The van der Waals surface area contributed by atoms with Crippen molar-refractivity contribution in [3.63, 3.8) is 0 Å². The number of aromatic nitrogens is 5. The zero-order chi connectivity index (χ0) is 23.0. The smallest absolute Gasteiger partial charge is 0.195 e. The molecule has 0 N–H and O–H groups in total. The summed E-state index contributed by atoms with van der Waals surface area (Å²) in [6, 6.07) is 2.14. The van der Waals surface area contributed by atoms with E-state index in [2.05, 4.69) is 82.4 Å². The number of hydrogen-bond acceptors (Lipinski definition) is 4. The Morgan fingerprint density at radius 1 is 1.10 bits per heavy atom. The van der Waals surface area contributed by atoms with Crippen LogP contribution in [0, 0.1) is 6.92 Å². The van der Waals surface area contributed by atoms with Gasteiger partial charge in [-0.1, -0.05) is 48.5 Å². The SMILES string of the molecule is CCc1nn(CC(C)(C)c2cnc(CC(C)(C)c3cc(C)n(C)n3)o2)cc1C(C)CC. The second kappa shape index (κ2) is 8.64. The fraction of sp³-hybridized carbons (Fsp3) is 0.640. The fourth-order valence-corrected chi connectivity index (χ4v) is 4.01. The second-order valence-corrected chi connectivity index (χ2v) is 10.2. The summed E-state index contributed by atoms with van der Waals surface area (Å²) >= 11 is 0. The molecule has 3 aromatic rings. The van der Waals surface area contributed by atoms with Gasteiger partial charge in [-0.2, -0.15) is 10.2 Å². The Morgan fingerprint density at radius 3 is 2.39 bits per heavy atom. The number of rotatable bonds is 9. The lowest BCUT2D eigenvalue weighted by Crippen LogP contribution is -2.24. The van der Waals surface area contributed by atoms with Crippen molar-refractivity contribution in [2.24, 2.45) is 7.05 Å². The van der Waals surface area contributed by atoms with Crippen molar-refractivity contribution in [3.05, 3.63) is 52.8 Å². The Kier molecular flexibility index (Phi) is 6.49. The predicted molar refractivity (Wildman–Crippen MR) is 125 cm³/mol. The molecule has 6 nitrogen and oxygen atoms in total. The van der Waals surface area contributed by atoms with Gasteiger partial charge in [0.15, 0.2) is 5.89 Å².